The normalized spacial score (nSPS) is 21.2. The smallest absolute Gasteiger partial charge is 0.0897 e. The second-order valence-electron chi connectivity index (χ2n) is 5.37. The summed E-state index contributed by atoms with van der Waals surface area (Å²) in [4.78, 5) is 0. The Labute approximate surface area is 116 Å². The first-order valence-corrected chi connectivity index (χ1v) is 7.34. The van der Waals surface area contributed by atoms with E-state index >= 15 is 0 Å². The van der Waals surface area contributed by atoms with Crippen molar-refractivity contribution in [2.24, 2.45) is 5.92 Å². The van der Waals surface area contributed by atoms with Gasteiger partial charge in [-0.05, 0) is 39.2 Å². The first-order chi connectivity index (χ1) is 9.18. The molecule has 0 aromatic carbocycles. The van der Waals surface area contributed by atoms with Crippen molar-refractivity contribution in [3.8, 4) is 0 Å². The maximum atomic E-state index is 9.70. The Morgan fingerprint density at radius 3 is 2.89 bits per heavy atom. The summed E-state index contributed by atoms with van der Waals surface area (Å²) in [5.74, 6) is 0.689. The number of hydrogen-bond acceptors (Lipinski definition) is 5. The summed E-state index contributed by atoms with van der Waals surface area (Å²) in [6.45, 7) is 8.78. The number of rotatable bonds is 11. The lowest BCUT2D eigenvalue weighted by Gasteiger charge is -2.14. The standard InChI is InChI=1S/C14H29NO4/c1-12(2)19-8-7-18-11-14(16)9-15-5-3-13-4-6-17-10-13/h12-16H,3-11H2,1-2H3. The maximum Gasteiger partial charge on any atom is 0.0897 e. The van der Waals surface area contributed by atoms with Crippen LogP contribution in [0.25, 0.3) is 0 Å². The molecule has 0 aromatic rings. The summed E-state index contributed by atoms with van der Waals surface area (Å²) in [5.41, 5.74) is 0. The Kier molecular flexibility index (Phi) is 9.38. The van der Waals surface area contributed by atoms with E-state index in [2.05, 4.69) is 5.32 Å². The molecule has 0 aromatic heterocycles. The lowest BCUT2D eigenvalue weighted by molar-refractivity contribution is -0.00996. The molecule has 2 N–H and O–H groups in total. The van der Waals surface area contributed by atoms with Crippen LogP contribution in [-0.2, 0) is 14.2 Å². The molecule has 5 heteroatoms. The molecule has 1 rings (SSSR count). The van der Waals surface area contributed by atoms with E-state index in [1.54, 1.807) is 0 Å². The molecule has 5 nitrogen and oxygen atoms in total. The van der Waals surface area contributed by atoms with Crippen LogP contribution in [0.3, 0.4) is 0 Å². The van der Waals surface area contributed by atoms with Gasteiger partial charge in [0.1, 0.15) is 0 Å². The molecule has 114 valence electrons. The van der Waals surface area contributed by atoms with Gasteiger partial charge in [0.15, 0.2) is 0 Å². The molecule has 2 atom stereocenters. The van der Waals surface area contributed by atoms with Crippen molar-refractivity contribution in [3.05, 3.63) is 0 Å². The SMILES string of the molecule is CC(C)OCCOCC(O)CNCCC1CCOC1. The summed E-state index contributed by atoms with van der Waals surface area (Å²) >= 11 is 0. The van der Waals surface area contributed by atoms with Crippen LogP contribution < -0.4 is 5.32 Å². The second kappa shape index (κ2) is 10.6. The topological polar surface area (TPSA) is 60.0 Å². The van der Waals surface area contributed by atoms with E-state index in [0.717, 1.165) is 26.2 Å². The number of nitrogens with one attached hydrogen (secondary N) is 1. The van der Waals surface area contributed by atoms with Crippen LogP contribution in [-0.4, -0.2) is 63.4 Å². The molecule has 1 fully saturated rings. The zero-order valence-electron chi connectivity index (χ0n) is 12.3. The molecular weight excluding hydrogens is 246 g/mol. The highest BCUT2D eigenvalue weighted by Gasteiger charge is 2.14. The van der Waals surface area contributed by atoms with E-state index in [1.807, 2.05) is 13.8 Å². The molecule has 2 unspecified atom stereocenters. The van der Waals surface area contributed by atoms with Gasteiger partial charge in [0.25, 0.3) is 0 Å². The van der Waals surface area contributed by atoms with Gasteiger partial charge in [-0.15, -0.1) is 0 Å². The fourth-order valence-corrected chi connectivity index (χ4v) is 2.01. The van der Waals surface area contributed by atoms with E-state index in [1.165, 1.54) is 6.42 Å². The average Bonchev–Trinajstić information content (AvgIpc) is 2.87. The van der Waals surface area contributed by atoms with Crippen molar-refractivity contribution >= 4 is 0 Å². The highest BCUT2D eigenvalue weighted by atomic mass is 16.5. The van der Waals surface area contributed by atoms with E-state index in [-0.39, 0.29) is 6.10 Å². The Morgan fingerprint density at radius 1 is 1.37 bits per heavy atom. The number of hydrogen-bond donors (Lipinski definition) is 2. The van der Waals surface area contributed by atoms with E-state index < -0.39 is 6.10 Å². The van der Waals surface area contributed by atoms with E-state index in [4.69, 9.17) is 14.2 Å². The van der Waals surface area contributed by atoms with Crippen molar-refractivity contribution in [1.29, 1.82) is 0 Å². The molecule has 0 spiro atoms. The number of aliphatic hydroxyl groups excluding tert-OH is 1. The molecule has 0 saturated carbocycles. The van der Waals surface area contributed by atoms with Crippen LogP contribution >= 0.6 is 0 Å². The lowest BCUT2D eigenvalue weighted by Crippen LogP contribution is -2.32. The zero-order valence-corrected chi connectivity index (χ0v) is 12.3. The molecular formula is C14H29NO4. The van der Waals surface area contributed by atoms with E-state index in [9.17, 15) is 5.11 Å². The van der Waals surface area contributed by atoms with Crippen molar-refractivity contribution in [2.45, 2.75) is 38.9 Å². The fourth-order valence-electron chi connectivity index (χ4n) is 2.01. The Hall–Kier alpha value is -0.200. The largest absolute Gasteiger partial charge is 0.389 e. The molecule has 0 amide bonds. The second-order valence-corrected chi connectivity index (χ2v) is 5.37. The van der Waals surface area contributed by atoms with Gasteiger partial charge in [-0.1, -0.05) is 0 Å². The molecule has 19 heavy (non-hydrogen) atoms. The number of ether oxygens (including phenoxy) is 3. The summed E-state index contributed by atoms with van der Waals surface area (Å²) < 4.78 is 16.0. The van der Waals surface area contributed by atoms with Crippen LogP contribution in [0, 0.1) is 5.92 Å². The molecule has 0 radical (unpaired) electrons. The summed E-state index contributed by atoms with van der Waals surface area (Å²) in [5, 5.41) is 13.0. The summed E-state index contributed by atoms with van der Waals surface area (Å²) in [6.07, 6.45) is 2.08. The van der Waals surface area contributed by atoms with Gasteiger partial charge < -0.3 is 24.6 Å². The first kappa shape index (κ1) is 16.9. The van der Waals surface area contributed by atoms with Crippen LogP contribution in [0.15, 0.2) is 0 Å². The third-order valence-corrected chi connectivity index (χ3v) is 3.12. The van der Waals surface area contributed by atoms with Crippen molar-refractivity contribution in [1.82, 2.24) is 5.32 Å². The quantitative estimate of drug-likeness (QED) is 0.546. The van der Waals surface area contributed by atoms with Gasteiger partial charge in [-0.3, -0.25) is 0 Å². The zero-order chi connectivity index (χ0) is 13.9. The van der Waals surface area contributed by atoms with Gasteiger partial charge in [-0.25, -0.2) is 0 Å². The van der Waals surface area contributed by atoms with Gasteiger partial charge in [-0.2, -0.15) is 0 Å². The average molecular weight is 275 g/mol. The Morgan fingerprint density at radius 2 is 2.21 bits per heavy atom. The highest BCUT2D eigenvalue weighted by molar-refractivity contribution is 4.66. The first-order valence-electron chi connectivity index (χ1n) is 7.34. The van der Waals surface area contributed by atoms with Crippen molar-refractivity contribution in [3.63, 3.8) is 0 Å². The van der Waals surface area contributed by atoms with Crippen LogP contribution in [0.5, 0.6) is 0 Å². The third kappa shape index (κ3) is 9.35. The van der Waals surface area contributed by atoms with Gasteiger partial charge in [0, 0.05) is 19.8 Å². The highest BCUT2D eigenvalue weighted by Crippen LogP contribution is 2.14. The molecule has 1 heterocycles. The van der Waals surface area contributed by atoms with Gasteiger partial charge >= 0.3 is 0 Å². The predicted molar refractivity (Wildman–Crippen MR) is 74.3 cm³/mol. The summed E-state index contributed by atoms with van der Waals surface area (Å²) in [6, 6.07) is 0. The fraction of sp³-hybridized carbons (Fsp3) is 1.00. The van der Waals surface area contributed by atoms with Crippen LogP contribution in [0.4, 0.5) is 0 Å². The van der Waals surface area contributed by atoms with Gasteiger partial charge in [0.05, 0.1) is 32.0 Å². The Bertz CT molecular complexity index is 208. The minimum absolute atomic E-state index is 0.231. The van der Waals surface area contributed by atoms with Gasteiger partial charge in [0.2, 0.25) is 0 Å². The molecule has 0 bridgehead atoms. The van der Waals surface area contributed by atoms with Crippen LogP contribution in [0.2, 0.25) is 0 Å². The minimum Gasteiger partial charge on any atom is -0.389 e. The minimum atomic E-state index is -0.445. The molecule has 1 aliphatic rings. The van der Waals surface area contributed by atoms with E-state index in [0.29, 0.717) is 32.3 Å². The van der Waals surface area contributed by atoms with Crippen molar-refractivity contribution < 1.29 is 19.3 Å². The summed E-state index contributed by atoms with van der Waals surface area (Å²) in [7, 11) is 0. The maximum absolute atomic E-state index is 9.70. The molecule has 0 aliphatic carbocycles. The predicted octanol–water partition coefficient (Wildman–Crippen LogP) is 0.805. The molecule has 1 aliphatic heterocycles. The van der Waals surface area contributed by atoms with Crippen molar-refractivity contribution in [2.75, 3.05) is 46.1 Å². The van der Waals surface area contributed by atoms with Crippen LogP contribution in [0.1, 0.15) is 26.7 Å². The lowest BCUT2D eigenvalue weighted by atomic mass is 10.1. The number of aliphatic hydroxyl groups is 1. The third-order valence-electron chi connectivity index (χ3n) is 3.12. The Balaban J connectivity index is 1.83. The monoisotopic (exact) mass is 275 g/mol. The molecule has 1 saturated heterocycles.